The smallest absolute Gasteiger partial charge is 0.306 e. The van der Waals surface area contributed by atoms with Crippen molar-refractivity contribution in [2.24, 2.45) is 0 Å². The number of imidazole rings is 1. The fourth-order valence-electron chi connectivity index (χ4n) is 3.87. The number of pyridine rings is 2. The molecule has 1 atom stereocenters. The molecule has 5 aromatic rings. The van der Waals surface area contributed by atoms with Crippen LogP contribution < -0.4 is 4.74 Å². The normalized spacial score (nSPS) is 15.6. The standard InChI is InChI=1S/C24H18N6O4/c1-13-27-24(30-34-13)17-6-5-14(12-26-17)32-21-11-19-18(10-15(21)20-7-8-22(31)33-20)28-23(29-19)16-4-2-3-9-25-16/h2-6,9-12,20H,7-8H2,1H3,(H,28,29). The number of carbonyl (C=O) groups is 1. The summed E-state index contributed by atoms with van der Waals surface area (Å²) in [6.45, 7) is 1.72. The number of H-pyrrole nitrogens is 1. The summed E-state index contributed by atoms with van der Waals surface area (Å²) >= 11 is 0. The molecule has 1 aromatic carbocycles. The van der Waals surface area contributed by atoms with Crippen LogP contribution >= 0.6 is 0 Å². The number of benzene rings is 1. The zero-order chi connectivity index (χ0) is 23.1. The van der Waals surface area contributed by atoms with Gasteiger partial charge >= 0.3 is 5.97 Å². The molecular formula is C24H18N6O4. The molecule has 1 aliphatic rings. The van der Waals surface area contributed by atoms with Crippen LogP contribution in [0.25, 0.3) is 34.1 Å². The van der Waals surface area contributed by atoms with Gasteiger partial charge in [-0.3, -0.25) is 9.78 Å². The molecule has 0 spiro atoms. The average Bonchev–Trinajstić information content (AvgIpc) is 3.59. The van der Waals surface area contributed by atoms with E-state index in [-0.39, 0.29) is 5.97 Å². The third-order valence-electron chi connectivity index (χ3n) is 5.47. The molecule has 10 nitrogen and oxygen atoms in total. The van der Waals surface area contributed by atoms with Gasteiger partial charge in [0.1, 0.15) is 29.0 Å². The van der Waals surface area contributed by atoms with Crippen LogP contribution in [0.2, 0.25) is 0 Å². The van der Waals surface area contributed by atoms with Crippen LogP contribution in [0, 0.1) is 6.92 Å². The first-order chi connectivity index (χ1) is 16.6. The fourth-order valence-corrected chi connectivity index (χ4v) is 3.87. The number of hydrogen-bond donors (Lipinski definition) is 1. The Labute approximate surface area is 193 Å². The first-order valence-corrected chi connectivity index (χ1v) is 10.7. The van der Waals surface area contributed by atoms with Crippen LogP contribution in [0.3, 0.4) is 0 Å². The van der Waals surface area contributed by atoms with Crippen molar-refractivity contribution in [3.63, 3.8) is 0 Å². The van der Waals surface area contributed by atoms with E-state index >= 15 is 0 Å². The van der Waals surface area contributed by atoms with Crippen LogP contribution in [0.1, 0.15) is 30.4 Å². The van der Waals surface area contributed by atoms with E-state index in [2.05, 4.69) is 30.1 Å². The largest absolute Gasteiger partial charge is 0.457 e. The number of aryl methyl sites for hydroxylation is 1. The van der Waals surface area contributed by atoms with E-state index in [4.69, 9.17) is 14.0 Å². The molecule has 1 fully saturated rings. The summed E-state index contributed by atoms with van der Waals surface area (Å²) in [5.74, 6) is 2.33. The minimum atomic E-state index is -0.400. The van der Waals surface area contributed by atoms with Gasteiger partial charge in [-0.1, -0.05) is 11.2 Å². The van der Waals surface area contributed by atoms with Crippen molar-refractivity contribution in [3.05, 3.63) is 66.3 Å². The van der Waals surface area contributed by atoms with Gasteiger partial charge in [0.05, 0.1) is 17.2 Å². The topological polar surface area (TPSA) is 129 Å². The predicted octanol–water partition coefficient (Wildman–Crippen LogP) is 4.55. The molecule has 1 aliphatic heterocycles. The highest BCUT2D eigenvalue weighted by Crippen LogP contribution is 2.39. The molecule has 4 aromatic heterocycles. The molecule has 0 amide bonds. The van der Waals surface area contributed by atoms with Gasteiger partial charge in [-0.05, 0) is 36.8 Å². The number of carbonyl (C=O) groups excluding carboxylic acids is 1. The van der Waals surface area contributed by atoms with Crippen molar-refractivity contribution in [1.29, 1.82) is 0 Å². The molecule has 6 rings (SSSR count). The first kappa shape index (κ1) is 20.0. The van der Waals surface area contributed by atoms with Gasteiger partial charge in [0, 0.05) is 31.2 Å². The number of hydrogen-bond acceptors (Lipinski definition) is 9. The quantitative estimate of drug-likeness (QED) is 0.380. The molecule has 168 valence electrons. The minimum absolute atomic E-state index is 0.226. The highest BCUT2D eigenvalue weighted by Gasteiger charge is 2.29. The molecular weight excluding hydrogens is 436 g/mol. The Hall–Kier alpha value is -4.60. The van der Waals surface area contributed by atoms with Gasteiger partial charge in [0.15, 0.2) is 5.82 Å². The van der Waals surface area contributed by atoms with Crippen molar-refractivity contribution in [3.8, 4) is 34.5 Å². The third-order valence-corrected chi connectivity index (χ3v) is 5.47. The van der Waals surface area contributed by atoms with Crippen LogP contribution in [-0.4, -0.2) is 36.0 Å². The zero-order valence-electron chi connectivity index (χ0n) is 18.1. The lowest BCUT2D eigenvalue weighted by Crippen LogP contribution is -2.01. The molecule has 1 saturated heterocycles. The second-order valence-electron chi connectivity index (χ2n) is 7.84. The maximum absolute atomic E-state index is 11.8. The van der Waals surface area contributed by atoms with Crippen LogP contribution in [0.4, 0.5) is 0 Å². The van der Waals surface area contributed by atoms with Gasteiger partial charge < -0.3 is 19.0 Å². The number of esters is 1. The number of rotatable bonds is 5. The molecule has 0 bridgehead atoms. The van der Waals surface area contributed by atoms with Crippen LogP contribution in [0.5, 0.6) is 11.5 Å². The lowest BCUT2D eigenvalue weighted by atomic mass is 10.0. The summed E-state index contributed by atoms with van der Waals surface area (Å²) in [4.78, 5) is 32.7. The number of cyclic esters (lactones) is 1. The molecule has 1 N–H and O–H groups in total. The summed E-state index contributed by atoms with van der Waals surface area (Å²) in [5, 5.41) is 3.88. The second kappa shape index (κ2) is 8.07. The van der Waals surface area contributed by atoms with E-state index < -0.39 is 6.10 Å². The van der Waals surface area contributed by atoms with E-state index in [0.717, 1.165) is 16.8 Å². The predicted molar refractivity (Wildman–Crippen MR) is 120 cm³/mol. The number of fused-ring (bicyclic) bond motifs is 1. The van der Waals surface area contributed by atoms with Gasteiger partial charge in [-0.15, -0.1) is 0 Å². The van der Waals surface area contributed by atoms with Crippen molar-refractivity contribution < 1.29 is 18.8 Å². The summed E-state index contributed by atoms with van der Waals surface area (Å²) in [7, 11) is 0. The zero-order valence-corrected chi connectivity index (χ0v) is 18.1. The molecule has 0 aliphatic carbocycles. The Morgan fingerprint density at radius 2 is 2.03 bits per heavy atom. The second-order valence-corrected chi connectivity index (χ2v) is 7.84. The van der Waals surface area contributed by atoms with E-state index in [0.29, 0.717) is 53.1 Å². The Morgan fingerprint density at radius 3 is 2.74 bits per heavy atom. The van der Waals surface area contributed by atoms with E-state index in [1.54, 1.807) is 31.5 Å². The maximum Gasteiger partial charge on any atom is 0.306 e. The SMILES string of the molecule is Cc1nc(-c2ccc(Oc3cc4nc(-c5ccccn5)[nH]c4cc3C3CCC(=O)O3)cn2)no1. The molecule has 0 saturated carbocycles. The van der Waals surface area contributed by atoms with Gasteiger partial charge in [-0.25, -0.2) is 9.97 Å². The van der Waals surface area contributed by atoms with Gasteiger partial charge in [-0.2, -0.15) is 4.98 Å². The van der Waals surface area contributed by atoms with Crippen LogP contribution in [-0.2, 0) is 9.53 Å². The third kappa shape index (κ3) is 3.75. The summed E-state index contributed by atoms with van der Waals surface area (Å²) in [5.41, 5.74) is 3.55. The van der Waals surface area contributed by atoms with Crippen LogP contribution in [0.15, 0.2) is 59.4 Å². The number of ether oxygens (including phenoxy) is 2. The van der Waals surface area contributed by atoms with Crippen molar-refractivity contribution in [2.45, 2.75) is 25.9 Å². The molecule has 1 unspecified atom stereocenters. The lowest BCUT2D eigenvalue weighted by Gasteiger charge is -2.15. The van der Waals surface area contributed by atoms with E-state index in [1.807, 2.05) is 30.3 Å². The molecule has 5 heterocycles. The van der Waals surface area contributed by atoms with Crippen molar-refractivity contribution in [1.82, 2.24) is 30.1 Å². The summed E-state index contributed by atoms with van der Waals surface area (Å²) in [6.07, 6.45) is 3.84. The van der Waals surface area contributed by atoms with E-state index in [1.165, 1.54) is 0 Å². The monoisotopic (exact) mass is 454 g/mol. The highest BCUT2D eigenvalue weighted by atomic mass is 16.6. The molecule has 0 radical (unpaired) electrons. The van der Waals surface area contributed by atoms with Gasteiger partial charge in [0.25, 0.3) is 0 Å². The Bertz CT molecular complexity index is 1490. The highest BCUT2D eigenvalue weighted by molar-refractivity contribution is 5.82. The number of nitrogens with zero attached hydrogens (tertiary/aromatic N) is 5. The average molecular weight is 454 g/mol. The Balaban J connectivity index is 1.37. The number of nitrogens with one attached hydrogen (secondary N) is 1. The Morgan fingerprint density at radius 1 is 1.09 bits per heavy atom. The summed E-state index contributed by atoms with van der Waals surface area (Å²) < 4.78 is 16.7. The summed E-state index contributed by atoms with van der Waals surface area (Å²) in [6, 6.07) is 12.9. The minimum Gasteiger partial charge on any atom is -0.457 e. The Kier molecular flexibility index (Phi) is 4.76. The van der Waals surface area contributed by atoms with Gasteiger partial charge in [0.2, 0.25) is 11.7 Å². The number of aromatic nitrogens is 6. The van der Waals surface area contributed by atoms with Crippen molar-refractivity contribution in [2.75, 3.05) is 0 Å². The lowest BCUT2D eigenvalue weighted by molar-refractivity contribution is -0.141. The van der Waals surface area contributed by atoms with E-state index in [9.17, 15) is 4.79 Å². The number of aromatic amines is 1. The maximum atomic E-state index is 11.8. The fraction of sp³-hybridized carbons (Fsp3) is 0.167. The first-order valence-electron chi connectivity index (χ1n) is 10.7. The molecule has 34 heavy (non-hydrogen) atoms. The molecule has 10 heteroatoms. The van der Waals surface area contributed by atoms with Crippen molar-refractivity contribution >= 4 is 17.0 Å².